The topological polar surface area (TPSA) is 81.1 Å². The molecular weight excluding hydrogens is 390 g/mol. The number of nitrogens with zero attached hydrogens (tertiary/aromatic N) is 3. The van der Waals surface area contributed by atoms with Gasteiger partial charge in [-0.3, -0.25) is 4.79 Å². The Hall–Kier alpha value is -3.61. The highest BCUT2D eigenvalue weighted by Crippen LogP contribution is 2.35. The molecule has 160 valence electrons. The lowest BCUT2D eigenvalue weighted by Crippen LogP contribution is -2.31. The Labute approximate surface area is 182 Å². The number of benzene rings is 2. The molecule has 0 aliphatic carbocycles. The highest BCUT2D eigenvalue weighted by atomic mass is 16.5. The normalized spacial score (nSPS) is 15.2. The smallest absolute Gasteiger partial charge is 0.255 e. The van der Waals surface area contributed by atoms with Crippen molar-refractivity contribution in [2.75, 3.05) is 17.2 Å². The van der Waals surface area contributed by atoms with E-state index in [1.807, 2.05) is 61.5 Å². The summed E-state index contributed by atoms with van der Waals surface area (Å²) in [5.41, 5.74) is 3.02. The molecule has 0 saturated carbocycles. The number of unbranched alkanes of at least 4 members (excludes halogenated alkanes) is 2. The van der Waals surface area contributed by atoms with Crippen molar-refractivity contribution in [3.05, 3.63) is 77.8 Å². The van der Waals surface area contributed by atoms with Crippen LogP contribution in [0.25, 0.3) is 0 Å². The van der Waals surface area contributed by atoms with Crippen LogP contribution in [0, 0.1) is 0 Å². The van der Waals surface area contributed by atoms with Crippen LogP contribution >= 0.6 is 0 Å². The molecule has 1 aliphatic rings. The van der Waals surface area contributed by atoms with Crippen molar-refractivity contribution in [1.29, 1.82) is 0 Å². The Bertz CT molecular complexity index is 1060. The van der Waals surface area contributed by atoms with Crippen molar-refractivity contribution in [2.24, 2.45) is 0 Å². The standard InChI is InChI=1S/C24H27N5O2/c1-3-4-8-15-31-20-13-11-18(12-14-20)22-21(17(2)27-24-25-16-26-29(22)24)23(30)28-19-9-6-5-7-10-19/h5-7,9-14,16,22H,3-4,8,15H2,1-2H3,(H,28,30)(H,25,26,27)/t22-/m0/s1. The van der Waals surface area contributed by atoms with Crippen molar-refractivity contribution in [1.82, 2.24) is 14.8 Å². The van der Waals surface area contributed by atoms with Crippen LogP contribution in [0.5, 0.6) is 5.75 Å². The number of fused-ring (bicyclic) bond motifs is 1. The zero-order valence-corrected chi connectivity index (χ0v) is 17.8. The predicted molar refractivity (Wildman–Crippen MR) is 121 cm³/mol. The number of carbonyl (C=O) groups excluding carboxylic acids is 1. The molecule has 31 heavy (non-hydrogen) atoms. The van der Waals surface area contributed by atoms with Gasteiger partial charge in [-0.05, 0) is 43.2 Å². The van der Waals surface area contributed by atoms with Gasteiger partial charge in [-0.2, -0.15) is 10.1 Å². The third kappa shape index (κ3) is 4.60. The minimum Gasteiger partial charge on any atom is -0.494 e. The first-order valence-electron chi connectivity index (χ1n) is 10.6. The summed E-state index contributed by atoms with van der Waals surface area (Å²) in [6.45, 7) is 4.76. The van der Waals surface area contributed by atoms with Crippen molar-refractivity contribution < 1.29 is 9.53 Å². The van der Waals surface area contributed by atoms with E-state index >= 15 is 0 Å². The summed E-state index contributed by atoms with van der Waals surface area (Å²) in [6.07, 6.45) is 4.86. The number of anilines is 2. The fourth-order valence-electron chi connectivity index (χ4n) is 3.70. The van der Waals surface area contributed by atoms with Gasteiger partial charge in [0.2, 0.25) is 5.95 Å². The van der Waals surface area contributed by atoms with Crippen molar-refractivity contribution in [3.8, 4) is 5.75 Å². The molecule has 1 amide bonds. The summed E-state index contributed by atoms with van der Waals surface area (Å²) in [5, 5.41) is 10.6. The maximum absolute atomic E-state index is 13.3. The lowest BCUT2D eigenvalue weighted by Gasteiger charge is -2.28. The van der Waals surface area contributed by atoms with Crippen LogP contribution in [0.3, 0.4) is 0 Å². The van der Waals surface area contributed by atoms with Crippen LogP contribution in [0.4, 0.5) is 11.6 Å². The van der Waals surface area contributed by atoms with Crippen LogP contribution in [0.2, 0.25) is 0 Å². The first-order chi connectivity index (χ1) is 15.2. The van der Waals surface area contributed by atoms with Gasteiger partial charge in [0, 0.05) is 11.4 Å². The first-order valence-corrected chi connectivity index (χ1v) is 10.6. The lowest BCUT2D eigenvalue weighted by atomic mass is 9.95. The summed E-state index contributed by atoms with van der Waals surface area (Å²) in [7, 11) is 0. The number of aromatic nitrogens is 3. The molecule has 0 radical (unpaired) electrons. The second-order valence-corrected chi connectivity index (χ2v) is 7.54. The van der Waals surface area contributed by atoms with Crippen molar-refractivity contribution in [3.63, 3.8) is 0 Å². The molecule has 2 heterocycles. The number of rotatable bonds is 8. The summed E-state index contributed by atoms with van der Waals surface area (Å²) < 4.78 is 7.58. The number of ether oxygens (including phenoxy) is 1. The average Bonchev–Trinajstić information content (AvgIpc) is 3.25. The minimum absolute atomic E-state index is 0.178. The Balaban J connectivity index is 1.61. The van der Waals surface area contributed by atoms with Gasteiger partial charge in [-0.15, -0.1) is 0 Å². The summed E-state index contributed by atoms with van der Waals surface area (Å²) in [4.78, 5) is 17.6. The van der Waals surface area contributed by atoms with Gasteiger partial charge in [-0.1, -0.05) is 50.1 Å². The van der Waals surface area contributed by atoms with E-state index in [4.69, 9.17) is 4.74 Å². The van der Waals surface area contributed by atoms with Crippen LogP contribution in [0.15, 0.2) is 72.2 Å². The van der Waals surface area contributed by atoms with Gasteiger partial charge in [0.15, 0.2) is 0 Å². The van der Waals surface area contributed by atoms with Gasteiger partial charge in [0.05, 0.1) is 12.2 Å². The average molecular weight is 418 g/mol. The highest BCUT2D eigenvalue weighted by Gasteiger charge is 2.33. The number of allylic oxidation sites excluding steroid dienone is 1. The number of hydrogen-bond donors (Lipinski definition) is 2. The molecule has 0 bridgehead atoms. The molecule has 0 unspecified atom stereocenters. The van der Waals surface area contributed by atoms with E-state index in [1.165, 1.54) is 6.33 Å². The predicted octanol–water partition coefficient (Wildman–Crippen LogP) is 4.77. The zero-order chi connectivity index (χ0) is 21.6. The van der Waals surface area contributed by atoms with Crippen LogP contribution in [-0.4, -0.2) is 27.3 Å². The second-order valence-electron chi connectivity index (χ2n) is 7.54. The zero-order valence-electron chi connectivity index (χ0n) is 17.8. The maximum atomic E-state index is 13.3. The molecule has 7 heteroatoms. The maximum Gasteiger partial charge on any atom is 0.255 e. The Morgan fingerprint density at radius 2 is 1.90 bits per heavy atom. The fourth-order valence-corrected chi connectivity index (χ4v) is 3.70. The van der Waals surface area contributed by atoms with Crippen molar-refractivity contribution >= 4 is 17.5 Å². The molecule has 1 aromatic heterocycles. The third-order valence-corrected chi connectivity index (χ3v) is 5.28. The second kappa shape index (κ2) is 9.47. The van der Waals surface area contributed by atoms with Crippen molar-refractivity contribution in [2.45, 2.75) is 39.2 Å². The van der Waals surface area contributed by atoms with Crippen LogP contribution in [-0.2, 0) is 4.79 Å². The van der Waals surface area contributed by atoms with E-state index in [1.54, 1.807) is 4.68 Å². The number of hydrogen-bond acceptors (Lipinski definition) is 5. The lowest BCUT2D eigenvalue weighted by molar-refractivity contribution is -0.113. The molecule has 2 aromatic carbocycles. The number of para-hydroxylation sites is 1. The van der Waals surface area contributed by atoms with E-state index in [9.17, 15) is 4.79 Å². The van der Waals surface area contributed by atoms with Crippen LogP contribution in [0.1, 0.15) is 44.7 Å². The first kappa shape index (κ1) is 20.7. The fraction of sp³-hybridized carbons (Fsp3) is 0.292. The number of carbonyl (C=O) groups is 1. The van der Waals surface area contributed by atoms with Gasteiger partial charge < -0.3 is 15.4 Å². The molecule has 7 nitrogen and oxygen atoms in total. The van der Waals surface area contributed by atoms with E-state index in [0.717, 1.165) is 42.0 Å². The van der Waals surface area contributed by atoms with Crippen LogP contribution < -0.4 is 15.4 Å². The molecule has 2 N–H and O–H groups in total. The summed E-state index contributed by atoms with van der Waals surface area (Å²) >= 11 is 0. The summed E-state index contributed by atoms with van der Waals surface area (Å²) in [5.74, 6) is 1.25. The molecule has 1 atom stereocenters. The SMILES string of the molecule is CCCCCOc1ccc([C@H]2C(C(=O)Nc3ccccc3)=C(C)Nc3ncnn32)cc1. The van der Waals surface area contributed by atoms with Gasteiger partial charge in [-0.25, -0.2) is 4.68 Å². The number of amides is 1. The molecule has 0 spiro atoms. The minimum atomic E-state index is -0.392. The molecule has 0 saturated heterocycles. The highest BCUT2D eigenvalue weighted by molar-refractivity contribution is 6.06. The molecule has 3 aromatic rings. The van der Waals surface area contributed by atoms with Gasteiger partial charge in [0.1, 0.15) is 18.1 Å². The molecule has 0 fully saturated rings. The Kier molecular flexibility index (Phi) is 6.31. The monoisotopic (exact) mass is 417 g/mol. The third-order valence-electron chi connectivity index (χ3n) is 5.28. The molecular formula is C24H27N5O2. The largest absolute Gasteiger partial charge is 0.494 e. The Morgan fingerprint density at radius 3 is 2.65 bits per heavy atom. The molecule has 4 rings (SSSR count). The molecule has 1 aliphatic heterocycles. The van der Waals surface area contributed by atoms with E-state index in [0.29, 0.717) is 18.1 Å². The van der Waals surface area contributed by atoms with E-state index in [2.05, 4.69) is 27.6 Å². The van der Waals surface area contributed by atoms with E-state index in [-0.39, 0.29) is 5.91 Å². The van der Waals surface area contributed by atoms with Gasteiger partial charge >= 0.3 is 0 Å². The Morgan fingerprint density at radius 1 is 1.13 bits per heavy atom. The van der Waals surface area contributed by atoms with Gasteiger partial charge in [0.25, 0.3) is 5.91 Å². The quantitative estimate of drug-likeness (QED) is 0.516. The van der Waals surface area contributed by atoms with E-state index < -0.39 is 6.04 Å². The summed E-state index contributed by atoms with van der Waals surface area (Å²) in [6, 6.07) is 16.9. The number of nitrogens with one attached hydrogen (secondary N) is 2.